The highest BCUT2D eigenvalue weighted by Crippen LogP contribution is 2.24. The summed E-state index contributed by atoms with van der Waals surface area (Å²) in [6.07, 6.45) is 0. The summed E-state index contributed by atoms with van der Waals surface area (Å²) in [5.74, 6) is 11.7. The Labute approximate surface area is 164 Å². The molecule has 3 aromatic rings. The smallest absolute Gasteiger partial charge is 0.286 e. The number of nitrogens with zero attached hydrogens (tertiary/aromatic N) is 1. The minimum absolute atomic E-state index is 0.109. The quantitative estimate of drug-likeness (QED) is 0.296. The predicted molar refractivity (Wildman–Crippen MR) is 112 cm³/mol. The lowest BCUT2D eigenvalue weighted by Gasteiger charge is -2.02. The van der Waals surface area contributed by atoms with Crippen LogP contribution in [-0.4, -0.2) is 4.92 Å². The van der Waals surface area contributed by atoms with E-state index < -0.39 is 4.92 Å². The predicted octanol–water partition coefficient (Wildman–Crippen LogP) is 4.59. The van der Waals surface area contributed by atoms with Crippen molar-refractivity contribution < 1.29 is 4.92 Å². The minimum Gasteiger partial charge on any atom is -0.398 e. The lowest BCUT2D eigenvalue weighted by atomic mass is 10.1. The molecule has 0 spiro atoms. The SMILES string of the molecule is Cc1ccc(C#Cc2cc([N+](=O)[O-])c(C#Cc3ccc(C)cc3)cc2N)cc1. The Kier molecular flexibility index (Phi) is 5.44. The van der Waals surface area contributed by atoms with Crippen molar-refractivity contribution in [2.45, 2.75) is 13.8 Å². The summed E-state index contributed by atoms with van der Waals surface area (Å²) in [7, 11) is 0. The summed E-state index contributed by atoms with van der Waals surface area (Å²) in [5.41, 5.74) is 10.9. The molecule has 0 amide bonds. The van der Waals surface area contributed by atoms with Crippen LogP contribution in [0.1, 0.15) is 33.4 Å². The Hall–Kier alpha value is -4.02. The van der Waals surface area contributed by atoms with Crippen molar-refractivity contribution in [3.8, 4) is 23.7 Å². The number of rotatable bonds is 1. The molecule has 0 aliphatic rings. The van der Waals surface area contributed by atoms with E-state index >= 15 is 0 Å². The van der Waals surface area contributed by atoms with Gasteiger partial charge < -0.3 is 5.73 Å². The molecule has 0 fully saturated rings. The normalized spacial score (nSPS) is 9.64. The van der Waals surface area contributed by atoms with Gasteiger partial charge in [-0.05, 0) is 44.2 Å². The topological polar surface area (TPSA) is 69.2 Å². The van der Waals surface area contributed by atoms with Gasteiger partial charge in [0.2, 0.25) is 0 Å². The molecule has 0 saturated heterocycles. The van der Waals surface area contributed by atoms with Gasteiger partial charge in [-0.1, -0.05) is 59.1 Å². The van der Waals surface area contributed by atoms with Gasteiger partial charge in [-0.25, -0.2) is 0 Å². The number of hydrogen-bond donors (Lipinski definition) is 1. The molecule has 136 valence electrons. The van der Waals surface area contributed by atoms with Gasteiger partial charge in [-0.2, -0.15) is 0 Å². The summed E-state index contributed by atoms with van der Waals surface area (Å²) >= 11 is 0. The van der Waals surface area contributed by atoms with E-state index in [-0.39, 0.29) is 11.3 Å². The number of hydrogen-bond acceptors (Lipinski definition) is 3. The van der Waals surface area contributed by atoms with E-state index in [4.69, 9.17) is 5.73 Å². The van der Waals surface area contributed by atoms with Gasteiger partial charge in [0, 0.05) is 22.9 Å². The van der Waals surface area contributed by atoms with Crippen LogP contribution in [0, 0.1) is 47.6 Å². The number of aryl methyl sites for hydroxylation is 2. The van der Waals surface area contributed by atoms with Gasteiger partial charge in [-0.15, -0.1) is 0 Å². The third-order valence-electron chi connectivity index (χ3n) is 4.15. The van der Waals surface area contributed by atoms with Crippen molar-refractivity contribution in [2.75, 3.05) is 5.73 Å². The van der Waals surface area contributed by atoms with E-state index in [1.807, 2.05) is 62.4 Å². The number of nitro groups is 1. The number of nitro benzene ring substituents is 1. The highest BCUT2D eigenvalue weighted by molar-refractivity contribution is 5.68. The Morgan fingerprint density at radius 2 is 1.21 bits per heavy atom. The van der Waals surface area contributed by atoms with Crippen LogP contribution < -0.4 is 5.73 Å². The molecule has 3 rings (SSSR count). The van der Waals surface area contributed by atoms with Crippen molar-refractivity contribution in [3.63, 3.8) is 0 Å². The fourth-order valence-corrected chi connectivity index (χ4v) is 2.52. The summed E-state index contributed by atoms with van der Waals surface area (Å²) in [6, 6.07) is 18.2. The second-order valence-electron chi connectivity index (χ2n) is 6.45. The number of benzene rings is 3. The van der Waals surface area contributed by atoms with Crippen LogP contribution in [0.5, 0.6) is 0 Å². The average molecular weight is 366 g/mol. The highest BCUT2D eigenvalue weighted by atomic mass is 16.6. The second kappa shape index (κ2) is 8.12. The van der Waals surface area contributed by atoms with Crippen molar-refractivity contribution in [1.29, 1.82) is 0 Å². The van der Waals surface area contributed by atoms with Gasteiger partial charge >= 0.3 is 0 Å². The molecular formula is C24H18N2O2. The maximum absolute atomic E-state index is 11.5. The first-order valence-electron chi connectivity index (χ1n) is 8.67. The number of nitrogen functional groups attached to an aromatic ring is 1. The van der Waals surface area contributed by atoms with Gasteiger partial charge in [0.15, 0.2) is 0 Å². The molecule has 0 bridgehead atoms. The van der Waals surface area contributed by atoms with Crippen molar-refractivity contribution in [1.82, 2.24) is 0 Å². The molecule has 2 N–H and O–H groups in total. The first-order chi connectivity index (χ1) is 13.4. The van der Waals surface area contributed by atoms with Crippen molar-refractivity contribution >= 4 is 11.4 Å². The van der Waals surface area contributed by atoms with E-state index in [1.165, 1.54) is 12.1 Å². The van der Waals surface area contributed by atoms with E-state index in [0.29, 0.717) is 11.3 Å². The van der Waals surface area contributed by atoms with Crippen LogP contribution in [0.15, 0.2) is 60.7 Å². The molecular weight excluding hydrogens is 348 g/mol. The standard InChI is InChI=1S/C24H18N2O2/c1-17-3-7-19(8-4-17)11-13-21-16-24(26(27)28)22(15-23(21)25)14-12-20-9-5-18(2)6-10-20/h3-10,15-16H,25H2,1-2H3. The Morgan fingerprint density at radius 1 is 0.750 bits per heavy atom. The largest absolute Gasteiger partial charge is 0.398 e. The zero-order valence-electron chi connectivity index (χ0n) is 15.6. The van der Waals surface area contributed by atoms with E-state index in [0.717, 1.165) is 22.3 Å². The van der Waals surface area contributed by atoms with Crippen LogP contribution in [0.3, 0.4) is 0 Å². The molecule has 0 radical (unpaired) electrons. The number of anilines is 1. The second-order valence-corrected chi connectivity index (χ2v) is 6.45. The summed E-state index contributed by atoms with van der Waals surface area (Å²) < 4.78 is 0. The highest BCUT2D eigenvalue weighted by Gasteiger charge is 2.15. The average Bonchev–Trinajstić information content (AvgIpc) is 2.67. The van der Waals surface area contributed by atoms with E-state index in [1.54, 1.807) is 0 Å². The van der Waals surface area contributed by atoms with Crippen LogP contribution in [0.4, 0.5) is 11.4 Å². The molecule has 0 aliphatic heterocycles. The van der Waals surface area contributed by atoms with Gasteiger partial charge in [0.1, 0.15) is 5.56 Å². The lowest BCUT2D eigenvalue weighted by Crippen LogP contribution is -1.98. The monoisotopic (exact) mass is 366 g/mol. The van der Waals surface area contributed by atoms with Crippen LogP contribution in [-0.2, 0) is 0 Å². The summed E-state index contributed by atoms with van der Waals surface area (Å²) in [4.78, 5) is 11.0. The molecule has 3 aromatic carbocycles. The van der Waals surface area contributed by atoms with Crippen molar-refractivity contribution in [3.05, 3.63) is 104 Å². The maximum atomic E-state index is 11.5. The fraction of sp³-hybridized carbons (Fsp3) is 0.0833. The van der Waals surface area contributed by atoms with E-state index in [2.05, 4.69) is 23.7 Å². The van der Waals surface area contributed by atoms with Crippen LogP contribution in [0.25, 0.3) is 0 Å². The molecule has 0 aromatic heterocycles. The minimum atomic E-state index is -0.463. The molecule has 4 nitrogen and oxygen atoms in total. The Morgan fingerprint density at radius 3 is 1.68 bits per heavy atom. The molecule has 0 heterocycles. The van der Waals surface area contributed by atoms with E-state index in [9.17, 15) is 10.1 Å². The van der Waals surface area contributed by atoms with Gasteiger partial charge in [-0.3, -0.25) is 10.1 Å². The zero-order chi connectivity index (χ0) is 20.1. The third kappa shape index (κ3) is 4.58. The molecule has 4 heteroatoms. The van der Waals surface area contributed by atoms with Gasteiger partial charge in [0.05, 0.1) is 10.5 Å². The van der Waals surface area contributed by atoms with Crippen molar-refractivity contribution in [2.24, 2.45) is 0 Å². The molecule has 28 heavy (non-hydrogen) atoms. The first kappa shape index (κ1) is 18.8. The fourth-order valence-electron chi connectivity index (χ4n) is 2.52. The lowest BCUT2D eigenvalue weighted by molar-refractivity contribution is -0.385. The van der Waals surface area contributed by atoms with Crippen LogP contribution in [0.2, 0.25) is 0 Å². The molecule has 0 aliphatic carbocycles. The Bertz CT molecular complexity index is 1150. The molecule has 0 saturated carbocycles. The zero-order valence-corrected chi connectivity index (χ0v) is 15.6. The summed E-state index contributed by atoms with van der Waals surface area (Å²) in [6.45, 7) is 3.98. The molecule has 0 atom stereocenters. The molecule has 0 unspecified atom stereocenters. The maximum Gasteiger partial charge on any atom is 0.286 e. The first-order valence-corrected chi connectivity index (χ1v) is 8.67. The summed E-state index contributed by atoms with van der Waals surface area (Å²) in [5, 5.41) is 11.5. The van der Waals surface area contributed by atoms with Gasteiger partial charge in [0.25, 0.3) is 5.69 Å². The number of nitrogens with two attached hydrogens (primary N) is 1. The van der Waals surface area contributed by atoms with Crippen LogP contribution >= 0.6 is 0 Å². The third-order valence-corrected chi connectivity index (χ3v) is 4.15. The Balaban J connectivity index is 1.98.